The van der Waals surface area contributed by atoms with Crippen molar-refractivity contribution in [3.63, 3.8) is 0 Å². The molecule has 1 aromatic carbocycles. The Morgan fingerprint density at radius 1 is 1.35 bits per heavy atom. The maximum atomic E-state index is 12.4. The van der Waals surface area contributed by atoms with Crippen LogP contribution in [0.4, 0.5) is 5.69 Å². The predicted molar refractivity (Wildman–Crippen MR) is 95.5 cm³/mol. The van der Waals surface area contributed by atoms with E-state index in [0.717, 1.165) is 0 Å². The van der Waals surface area contributed by atoms with Crippen molar-refractivity contribution in [2.24, 2.45) is 5.41 Å². The number of esters is 1. The lowest BCUT2D eigenvalue weighted by molar-refractivity contribution is -0.141. The summed E-state index contributed by atoms with van der Waals surface area (Å²) in [5, 5.41) is 2.39. The molecule has 1 aliphatic heterocycles. The molecule has 0 saturated carbocycles. The van der Waals surface area contributed by atoms with E-state index in [9.17, 15) is 22.8 Å². The Morgan fingerprint density at radius 3 is 2.54 bits per heavy atom. The minimum absolute atomic E-state index is 0.0197. The van der Waals surface area contributed by atoms with Gasteiger partial charge in [0.1, 0.15) is 6.54 Å². The minimum Gasteiger partial charge on any atom is -0.465 e. The molecule has 0 unspecified atom stereocenters. The average molecular weight is 403 g/mol. The first kappa shape index (κ1) is 20.2. The molecule has 0 radical (unpaired) electrons. The van der Waals surface area contributed by atoms with E-state index in [4.69, 9.17) is 16.3 Å². The molecular formula is C16H19ClN2O6S. The number of ether oxygens (including phenoxy) is 1. The first-order chi connectivity index (χ1) is 12.0. The van der Waals surface area contributed by atoms with Gasteiger partial charge in [0, 0.05) is 0 Å². The topological polar surface area (TPSA) is 110 Å². The molecule has 0 atom stereocenters. The molecule has 0 aliphatic carbocycles. The molecule has 26 heavy (non-hydrogen) atoms. The quantitative estimate of drug-likeness (QED) is 0.744. The van der Waals surface area contributed by atoms with Crippen molar-refractivity contribution in [1.29, 1.82) is 0 Å². The van der Waals surface area contributed by atoms with Gasteiger partial charge in [0.15, 0.2) is 0 Å². The third kappa shape index (κ3) is 3.99. The van der Waals surface area contributed by atoms with E-state index in [1.807, 2.05) is 0 Å². The van der Waals surface area contributed by atoms with Gasteiger partial charge in [-0.1, -0.05) is 11.6 Å². The van der Waals surface area contributed by atoms with Crippen LogP contribution in [0, 0.1) is 5.41 Å². The molecule has 1 fully saturated rings. The Kier molecular flexibility index (Phi) is 5.62. The molecule has 1 saturated heterocycles. The summed E-state index contributed by atoms with van der Waals surface area (Å²) in [7, 11) is -3.85. The number of rotatable bonds is 5. The molecule has 2 rings (SSSR count). The maximum absolute atomic E-state index is 12.4. The molecule has 1 aliphatic rings. The van der Waals surface area contributed by atoms with Crippen LogP contribution in [0.1, 0.15) is 31.1 Å². The number of carbonyl (C=O) groups excluding carboxylic acids is 3. The van der Waals surface area contributed by atoms with Crippen LogP contribution >= 0.6 is 11.6 Å². The van der Waals surface area contributed by atoms with Gasteiger partial charge in [-0.05, 0) is 39.0 Å². The molecule has 2 amide bonds. The second kappa shape index (κ2) is 7.24. The van der Waals surface area contributed by atoms with E-state index in [2.05, 4.69) is 5.32 Å². The summed E-state index contributed by atoms with van der Waals surface area (Å²) in [5.41, 5.74) is -1.10. The fourth-order valence-corrected chi connectivity index (χ4v) is 4.84. The number of amides is 2. The standard InChI is InChI=1S/C16H19ClN2O6S/c1-4-25-13(20)8-18-14(21)11-7-10(5-6-12(11)17)19-15(22)16(2,3)9-26(19,23)24/h5-7H,4,8-9H2,1-3H3,(H,18,21). The first-order valence-electron chi connectivity index (χ1n) is 7.80. The van der Waals surface area contributed by atoms with Crippen molar-refractivity contribution in [2.45, 2.75) is 20.8 Å². The SMILES string of the molecule is CCOC(=O)CNC(=O)c1cc(N2C(=O)C(C)(C)CS2(=O)=O)ccc1Cl. The fraction of sp³-hybridized carbons (Fsp3) is 0.438. The van der Waals surface area contributed by atoms with Crippen LogP contribution in [0.2, 0.25) is 5.02 Å². The van der Waals surface area contributed by atoms with Gasteiger partial charge in [-0.3, -0.25) is 14.4 Å². The van der Waals surface area contributed by atoms with E-state index in [0.29, 0.717) is 4.31 Å². The van der Waals surface area contributed by atoms with Gasteiger partial charge < -0.3 is 10.1 Å². The lowest BCUT2D eigenvalue weighted by atomic mass is 9.95. The minimum atomic E-state index is -3.85. The largest absolute Gasteiger partial charge is 0.465 e. The second-order valence-corrected chi connectivity index (χ2v) is 8.59. The van der Waals surface area contributed by atoms with Crippen LogP contribution in [0.5, 0.6) is 0 Å². The van der Waals surface area contributed by atoms with E-state index >= 15 is 0 Å². The lowest BCUT2D eigenvalue weighted by Crippen LogP contribution is -2.34. The van der Waals surface area contributed by atoms with Gasteiger partial charge in [0.05, 0.1) is 34.0 Å². The molecule has 8 nitrogen and oxygen atoms in total. The summed E-state index contributed by atoms with van der Waals surface area (Å²) in [6.07, 6.45) is 0. The fourth-order valence-electron chi connectivity index (χ4n) is 2.53. The molecule has 0 bridgehead atoms. The normalized spacial score (nSPS) is 17.8. The molecule has 1 aromatic rings. The Morgan fingerprint density at radius 2 is 2.00 bits per heavy atom. The summed E-state index contributed by atoms with van der Waals surface area (Å²) in [6.45, 7) is 4.53. The summed E-state index contributed by atoms with van der Waals surface area (Å²) >= 11 is 6.01. The molecule has 142 valence electrons. The van der Waals surface area contributed by atoms with Crippen LogP contribution in [0.25, 0.3) is 0 Å². The monoisotopic (exact) mass is 402 g/mol. The van der Waals surface area contributed by atoms with Gasteiger partial charge in [0.25, 0.3) is 5.91 Å². The van der Waals surface area contributed by atoms with Crippen molar-refractivity contribution < 1.29 is 27.5 Å². The number of benzene rings is 1. The van der Waals surface area contributed by atoms with Crippen LogP contribution in [0.15, 0.2) is 18.2 Å². The van der Waals surface area contributed by atoms with Gasteiger partial charge in [-0.15, -0.1) is 0 Å². The number of sulfonamides is 1. The zero-order chi connectivity index (χ0) is 19.7. The maximum Gasteiger partial charge on any atom is 0.325 e. The average Bonchev–Trinajstić information content (AvgIpc) is 2.69. The number of halogens is 1. The third-order valence-electron chi connectivity index (χ3n) is 3.71. The van der Waals surface area contributed by atoms with E-state index < -0.39 is 33.2 Å². The van der Waals surface area contributed by atoms with Gasteiger partial charge >= 0.3 is 5.97 Å². The Balaban J connectivity index is 2.31. The molecule has 1 N–H and O–H groups in total. The van der Waals surface area contributed by atoms with Crippen LogP contribution in [-0.4, -0.2) is 45.1 Å². The summed E-state index contributed by atoms with van der Waals surface area (Å²) in [6, 6.07) is 3.88. The van der Waals surface area contributed by atoms with Gasteiger partial charge in [0.2, 0.25) is 15.9 Å². The number of anilines is 1. The smallest absolute Gasteiger partial charge is 0.325 e. The zero-order valence-corrected chi connectivity index (χ0v) is 16.1. The molecule has 10 heteroatoms. The van der Waals surface area contributed by atoms with Crippen LogP contribution in [-0.2, 0) is 24.3 Å². The first-order valence-corrected chi connectivity index (χ1v) is 9.79. The predicted octanol–water partition coefficient (Wildman–Crippen LogP) is 1.34. The Bertz CT molecular complexity index is 865. The summed E-state index contributed by atoms with van der Waals surface area (Å²) < 4.78 is 30.1. The molecular weight excluding hydrogens is 384 g/mol. The van der Waals surface area contributed by atoms with Crippen molar-refractivity contribution in [1.82, 2.24) is 5.32 Å². The number of carbonyl (C=O) groups is 3. The highest BCUT2D eigenvalue weighted by Crippen LogP contribution is 2.36. The van der Waals surface area contributed by atoms with Crippen molar-refractivity contribution >= 4 is 45.1 Å². The number of nitrogens with one attached hydrogen (secondary N) is 1. The van der Waals surface area contributed by atoms with Crippen molar-refractivity contribution in [3.8, 4) is 0 Å². The van der Waals surface area contributed by atoms with E-state index in [1.54, 1.807) is 6.92 Å². The number of nitrogens with zero attached hydrogens (tertiary/aromatic N) is 1. The summed E-state index contributed by atoms with van der Waals surface area (Å²) in [4.78, 5) is 36.0. The zero-order valence-electron chi connectivity index (χ0n) is 14.5. The highest BCUT2D eigenvalue weighted by atomic mass is 35.5. The highest BCUT2D eigenvalue weighted by molar-refractivity contribution is 7.94. The third-order valence-corrected chi connectivity index (χ3v) is 6.06. The van der Waals surface area contributed by atoms with Crippen LogP contribution < -0.4 is 9.62 Å². The molecule has 0 aromatic heterocycles. The van der Waals surface area contributed by atoms with Gasteiger partial charge in [-0.2, -0.15) is 0 Å². The number of hydrogen-bond donors (Lipinski definition) is 1. The van der Waals surface area contributed by atoms with Gasteiger partial charge in [-0.25, -0.2) is 12.7 Å². The Labute approximate surface area is 156 Å². The van der Waals surface area contributed by atoms with E-state index in [-0.39, 0.29) is 35.2 Å². The number of hydrogen-bond acceptors (Lipinski definition) is 6. The van der Waals surface area contributed by atoms with Crippen molar-refractivity contribution in [2.75, 3.05) is 23.2 Å². The molecule has 1 heterocycles. The second-order valence-electron chi connectivity index (χ2n) is 6.36. The lowest BCUT2D eigenvalue weighted by Gasteiger charge is -2.18. The van der Waals surface area contributed by atoms with Crippen molar-refractivity contribution in [3.05, 3.63) is 28.8 Å². The molecule has 0 spiro atoms. The van der Waals surface area contributed by atoms with E-state index in [1.165, 1.54) is 32.0 Å². The highest BCUT2D eigenvalue weighted by Gasteiger charge is 2.50. The summed E-state index contributed by atoms with van der Waals surface area (Å²) in [5.74, 6) is -2.22. The Hall–Kier alpha value is -2.13. The van der Waals surface area contributed by atoms with Crippen LogP contribution in [0.3, 0.4) is 0 Å².